The Morgan fingerprint density at radius 1 is 1.38 bits per heavy atom. The van der Waals surface area contributed by atoms with Gasteiger partial charge in [-0.1, -0.05) is 18.8 Å². The van der Waals surface area contributed by atoms with Gasteiger partial charge in [0.2, 0.25) is 10.0 Å². The van der Waals surface area contributed by atoms with E-state index < -0.39 is 33.2 Å². The van der Waals surface area contributed by atoms with Crippen LogP contribution in [-0.2, 0) is 10.0 Å². The van der Waals surface area contributed by atoms with E-state index in [9.17, 15) is 17.2 Å². The Morgan fingerprint density at radius 2 is 2.05 bits per heavy atom. The van der Waals surface area contributed by atoms with Gasteiger partial charge >= 0.3 is 0 Å². The summed E-state index contributed by atoms with van der Waals surface area (Å²) in [5.74, 6) is 2.77. The Morgan fingerprint density at radius 3 is 2.62 bits per heavy atom. The zero-order valence-corrected chi connectivity index (χ0v) is 12.2. The van der Waals surface area contributed by atoms with E-state index in [1.54, 1.807) is 0 Å². The number of benzene rings is 1. The lowest BCUT2D eigenvalue weighted by atomic mass is 9.83. The van der Waals surface area contributed by atoms with Gasteiger partial charge in [-0.05, 0) is 24.8 Å². The van der Waals surface area contributed by atoms with Crippen LogP contribution in [0.4, 0.5) is 8.78 Å². The molecule has 4 nitrogen and oxygen atoms in total. The van der Waals surface area contributed by atoms with Crippen molar-refractivity contribution in [1.29, 1.82) is 0 Å². The van der Waals surface area contributed by atoms with Crippen LogP contribution in [0.2, 0.25) is 0 Å². The maximum absolute atomic E-state index is 13.9. The lowest BCUT2D eigenvalue weighted by Crippen LogP contribution is -2.43. The molecule has 0 saturated heterocycles. The molecule has 0 bridgehead atoms. The second-order valence-electron chi connectivity index (χ2n) is 5.12. The Balaban J connectivity index is 2.41. The molecule has 1 fully saturated rings. The average molecular weight is 315 g/mol. The maximum Gasteiger partial charge on any atom is 0.244 e. The second kappa shape index (κ2) is 6.10. The molecular formula is C14H15F2NO3S. The lowest BCUT2D eigenvalue weighted by molar-refractivity contribution is 0.270. The summed E-state index contributed by atoms with van der Waals surface area (Å²) in [7, 11) is -4.13. The van der Waals surface area contributed by atoms with Crippen molar-refractivity contribution in [3.63, 3.8) is 0 Å². The van der Waals surface area contributed by atoms with Crippen LogP contribution in [0.5, 0.6) is 0 Å². The molecule has 0 atom stereocenters. The third kappa shape index (κ3) is 3.59. The number of halogens is 2. The molecule has 1 aromatic carbocycles. The molecule has 0 aromatic heterocycles. The fourth-order valence-electron chi connectivity index (χ4n) is 2.34. The van der Waals surface area contributed by atoms with Crippen molar-refractivity contribution in [3.8, 4) is 11.8 Å². The van der Waals surface area contributed by atoms with Gasteiger partial charge in [0.05, 0.1) is 5.56 Å². The number of aliphatic hydroxyl groups excluding tert-OH is 1. The molecule has 1 aliphatic rings. The second-order valence-corrected chi connectivity index (χ2v) is 6.77. The highest BCUT2D eigenvalue weighted by Gasteiger charge is 2.32. The van der Waals surface area contributed by atoms with E-state index in [-0.39, 0.29) is 11.6 Å². The van der Waals surface area contributed by atoms with E-state index in [4.69, 9.17) is 5.11 Å². The van der Waals surface area contributed by atoms with Crippen LogP contribution in [0.1, 0.15) is 25.3 Å². The van der Waals surface area contributed by atoms with Crippen LogP contribution in [0.25, 0.3) is 0 Å². The SMILES string of the molecule is CC1CC(NS(=O)(=O)c2c(F)cc(F)cc2C#CCO)C1. The number of sulfonamides is 1. The van der Waals surface area contributed by atoms with E-state index in [0.717, 1.165) is 6.07 Å². The molecule has 0 spiro atoms. The van der Waals surface area contributed by atoms with Crippen molar-refractivity contribution in [2.45, 2.75) is 30.7 Å². The summed E-state index contributed by atoms with van der Waals surface area (Å²) in [6.45, 7) is 1.45. The van der Waals surface area contributed by atoms with Crippen LogP contribution in [0.3, 0.4) is 0 Å². The zero-order valence-electron chi connectivity index (χ0n) is 11.4. The molecule has 114 valence electrons. The summed E-state index contributed by atoms with van der Waals surface area (Å²) in [5, 5.41) is 8.66. The topological polar surface area (TPSA) is 66.4 Å². The first kappa shape index (κ1) is 15.9. The Bertz CT molecular complexity index is 701. The summed E-state index contributed by atoms with van der Waals surface area (Å²) in [6.07, 6.45) is 1.36. The van der Waals surface area contributed by atoms with Crippen molar-refractivity contribution < 1.29 is 22.3 Å². The van der Waals surface area contributed by atoms with Crippen LogP contribution in [0.15, 0.2) is 17.0 Å². The molecule has 1 aromatic rings. The van der Waals surface area contributed by atoms with Crippen molar-refractivity contribution in [1.82, 2.24) is 4.72 Å². The van der Waals surface area contributed by atoms with E-state index >= 15 is 0 Å². The van der Waals surface area contributed by atoms with E-state index in [0.29, 0.717) is 24.8 Å². The monoisotopic (exact) mass is 315 g/mol. The van der Waals surface area contributed by atoms with Gasteiger partial charge in [0.15, 0.2) is 0 Å². The van der Waals surface area contributed by atoms with Crippen LogP contribution < -0.4 is 4.72 Å². The highest BCUT2D eigenvalue weighted by molar-refractivity contribution is 7.89. The van der Waals surface area contributed by atoms with Gasteiger partial charge in [-0.3, -0.25) is 0 Å². The molecule has 0 heterocycles. The molecule has 7 heteroatoms. The Hall–Kier alpha value is -1.49. The summed E-state index contributed by atoms with van der Waals surface area (Å²) in [4.78, 5) is -0.676. The Labute approximate surface area is 122 Å². The van der Waals surface area contributed by atoms with E-state index in [2.05, 4.69) is 16.6 Å². The van der Waals surface area contributed by atoms with Gasteiger partial charge < -0.3 is 5.11 Å². The number of hydrogen-bond donors (Lipinski definition) is 2. The van der Waals surface area contributed by atoms with Gasteiger partial charge in [0.1, 0.15) is 23.1 Å². The zero-order chi connectivity index (χ0) is 15.6. The first-order chi connectivity index (χ1) is 9.83. The minimum Gasteiger partial charge on any atom is -0.384 e. The first-order valence-electron chi connectivity index (χ1n) is 6.44. The first-order valence-corrected chi connectivity index (χ1v) is 7.93. The molecular weight excluding hydrogens is 300 g/mol. The van der Waals surface area contributed by atoms with Crippen molar-refractivity contribution >= 4 is 10.0 Å². The highest BCUT2D eigenvalue weighted by atomic mass is 32.2. The average Bonchev–Trinajstić information content (AvgIpc) is 2.32. The minimum absolute atomic E-state index is 0.242. The lowest BCUT2D eigenvalue weighted by Gasteiger charge is -2.33. The number of nitrogens with one attached hydrogen (secondary N) is 1. The normalized spacial score (nSPS) is 21.3. The van der Waals surface area contributed by atoms with Gasteiger partial charge in [-0.2, -0.15) is 0 Å². The molecule has 0 amide bonds. The van der Waals surface area contributed by atoms with Crippen LogP contribution in [-0.4, -0.2) is 26.2 Å². The number of hydrogen-bond acceptors (Lipinski definition) is 3. The molecule has 2 N–H and O–H groups in total. The highest BCUT2D eigenvalue weighted by Crippen LogP contribution is 2.29. The standard InChI is InChI=1S/C14H15F2NO3S/c1-9-5-12(6-9)17-21(19,20)14-10(3-2-4-18)7-11(15)8-13(14)16/h7-9,12,17-18H,4-6H2,1H3. The third-order valence-corrected chi connectivity index (χ3v) is 4.87. The van der Waals surface area contributed by atoms with Gasteiger partial charge in [0, 0.05) is 12.1 Å². The summed E-state index contributed by atoms with van der Waals surface area (Å²) < 4.78 is 54.0. The van der Waals surface area contributed by atoms with Crippen molar-refractivity contribution in [2.24, 2.45) is 5.92 Å². The number of rotatable bonds is 3. The van der Waals surface area contributed by atoms with Gasteiger partial charge in [-0.15, -0.1) is 0 Å². The minimum atomic E-state index is -4.13. The quantitative estimate of drug-likeness (QED) is 0.828. The smallest absolute Gasteiger partial charge is 0.244 e. The summed E-state index contributed by atoms with van der Waals surface area (Å²) >= 11 is 0. The predicted molar refractivity (Wildman–Crippen MR) is 72.8 cm³/mol. The molecule has 1 aliphatic carbocycles. The molecule has 0 aliphatic heterocycles. The summed E-state index contributed by atoms with van der Waals surface area (Å²) in [5.41, 5.74) is -0.304. The number of aliphatic hydroxyl groups is 1. The summed E-state index contributed by atoms with van der Waals surface area (Å²) in [6, 6.07) is 1.10. The largest absolute Gasteiger partial charge is 0.384 e. The van der Waals surface area contributed by atoms with Crippen molar-refractivity contribution in [3.05, 3.63) is 29.3 Å². The van der Waals surface area contributed by atoms with Gasteiger partial charge in [-0.25, -0.2) is 21.9 Å². The molecule has 21 heavy (non-hydrogen) atoms. The molecule has 0 unspecified atom stereocenters. The maximum atomic E-state index is 13.9. The Kier molecular flexibility index (Phi) is 4.61. The van der Waals surface area contributed by atoms with Crippen LogP contribution >= 0.6 is 0 Å². The fraction of sp³-hybridized carbons (Fsp3) is 0.429. The van der Waals surface area contributed by atoms with Crippen LogP contribution in [0, 0.1) is 29.4 Å². The fourth-order valence-corrected chi connectivity index (χ4v) is 3.80. The van der Waals surface area contributed by atoms with Crippen molar-refractivity contribution in [2.75, 3.05) is 6.61 Å². The van der Waals surface area contributed by atoms with E-state index in [1.807, 2.05) is 6.92 Å². The third-order valence-electron chi connectivity index (χ3n) is 3.27. The molecule has 0 radical (unpaired) electrons. The molecule has 1 saturated carbocycles. The predicted octanol–water partition coefficient (Wildman–Crippen LogP) is 1.39. The molecule has 2 rings (SSSR count). The van der Waals surface area contributed by atoms with E-state index in [1.165, 1.54) is 0 Å². The van der Waals surface area contributed by atoms with Gasteiger partial charge in [0.25, 0.3) is 0 Å².